The fourth-order valence-corrected chi connectivity index (χ4v) is 7.79. The van der Waals surface area contributed by atoms with Crippen LogP contribution in [0.2, 0.25) is 0 Å². The molecule has 0 radical (unpaired) electrons. The van der Waals surface area contributed by atoms with Crippen molar-refractivity contribution in [1.82, 2.24) is 0 Å². The molecule has 7 aromatic rings. The second-order valence-electron chi connectivity index (χ2n) is 11.0. The Hall–Kier alpha value is -4.40. The van der Waals surface area contributed by atoms with Crippen molar-refractivity contribution in [1.29, 1.82) is 0 Å². The van der Waals surface area contributed by atoms with E-state index in [9.17, 15) is 0 Å². The summed E-state index contributed by atoms with van der Waals surface area (Å²) in [5.74, 6) is 0. The lowest BCUT2D eigenvalue weighted by atomic mass is 9.81. The Bertz CT molecular complexity index is 2080. The third kappa shape index (κ3) is 3.32. The van der Waals surface area contributed by atoms with Crippen LogP contribution in [-0.2, 0) is 5.41 Å². The van der Waals surface area contributed by atoms with Gasteiger partial charge in [0.25, 0.3) is 0 Å². The minimum atomic E-state index is -0.0181. The zero-order chi connectivity index (χ0) is 26.1. The van der Waals surface area contributed by atoms with Crippen LogP contribution in [-0.4, -0.2) is 0 Å². The zero-order valence-corrected chi connectivity index (χ0v) is 22.8. The van der Waals surface area contributed by atoms with E-state index in [1.54, 1.807) is 0 Å². The van der Waals surface area contributed by atoms with Crippen LogP contribution in [0.25, 0.3) is 53.2 Å². The lowest BCUT2D eigenvalue weighted by Gasteiger charge is -2.22. The first-order valence-corrected chi connectivity index (χ1v) is 14.3. The Morgan fingerprint density at radius 1 is 0.513 bits per heavy atom. The van der Waals surface area contributed by atoms with E-state index in [0.29, 0.717) is 0 Å². The molecule has 39 heavy (non-hydrogen) atoms. The molecular weight excluding hydrogens is 490 g/mol. The minimum Gasteiger partial charge on any atom is -0.354 e. The molecule has 1 aliphatic rings. The average molecular weight is 518 g/mol. The smallest absolute Gasteiger partial charge is 0.0590 e. The summed E-state index contributed by atoms with van der Waals surface area (Å²) in [5, 5.41) is 9.08. The predicted molar refractivity (Wildman–Crippen MR) is 170 cm³/mol. The number of para-hydroxylation sites is 1. The van der Waals surface area contributed by atoms with Gasteiger partial charge in [-0.05, 0) is 56.8 Å². The van der Waals surface area contributed by atoms with Gasteiger partial charge in [0, 0.05) is 32.1 Å². The lowest BCUT2D eigenvalue weighted by molar-refractivity contribution is 0.660. The largest absolute Gasteiger partial charge is 0.354 e. The molecular formula is C37H27NS. The van der Waals surface area contributed by atoms with Crippen molar-refractivity contribution in [2.24, 2.45) is 0 Å². The number of rotatable bonds is 3. The molecule has 1 N–H and O–H groups in total. The Morgan fingerprint density at radius 2 is 1.21 bits per heavy atom. The molecule has 8 rings (SSSR count). The molecule has 0 aliphatic heterocycles. The number of benzene rings is 6. The number of hydrogen-bond donors (Lipinski definition) is 1. The molecule has 0 amide bonds. The van der Waals surface area contributed by atoms with Crippen molar-refractivity contribution in [3.05, 3.63) is 132 Å². The number of fused-ring (bicyclic) bond motifs is 8. The summed E-state index contributed by atoms with van der Waals surface area (Å²) in [7, 11) is 0. The molecule has 1 nitrogen and oxygen atoms in total. The molecule has 1 aromatic heterocycles. The topological polar surface area (TPSA) is 12.0 Å². The Balaban J connectivity index is 1.25. The van der Waals surface area contributed by atoms with Crippen LogP contribution in [0.5, 0.6) is 0 Å². The molecule has 0 spiro atoms. The van der Waals surface area contributed by atoms with Gasteiger partial charge in [0.15, 0.2) is 0 Å². The van der Waals surface area contributed by atoms with Crippen molar-refractivity contribution in [2.45, 2.75) is 19.3 Å². The summed E-state index contributed by atoms with van der Waals surface area (Å²) in [4.78, 5) is 0. The summed E-state index contributed by atoms with van der Waals surface area (Å²) in [6.07, 6.45) is 0. The van der Waals surface area contributed by atoms with Gasteiger partial charge in [-0.15, -0.1) is 11.3 Å². The highest BCUT2D eigenvalue weighted by molar-refractivity contribution is 7.27. The van der Waals surface area contributed by atoms with Crippen LogP contribution in [0.4, 0.5) is 11.4 Å². The highest BCUT2D eigenvalue weighted by Crippen LogP contribution is 2.50. The van der Waals surface area contributed by atoms with E-state index in [2.05, 4.69) is 140 Å². The first kappa shape index (κ1) is 22.6. The van der Waals surface area contributed by atoms with Gasteiger partial charge in [-0.1, -0.05) is 117 Å². The van der Waals surface area contributed by atoms with Crippen LogP contribution in [0.3, 0.4) is 0 Å². The maximum absolute atomic E-state index is 3.84. The monoisotopic (exact) mass is 517 g/mol. The summed E-state index contributed by atoms with van der Waals surface area (Å²) in [5.41, 5.74) is 10.2. The van der Waals surface area contributed by atoms with E-state index in [1.807, 2.05) is 11.3 Å². The zero-order valence-electron chi connectivity index (χ0n) is 22.0. The molecule has 0 atom stereocenters. The first-order valence-electron chi connectivity index (χ1n) is 13.5. The van der Waals surface area contributed by atoms with Crippen molar-refractivity contribution >= 4 is 53.7 Å². The minimum absolute atomic E-state index is 0.0181. The molecule has 0 saturated carbocycles. The highest BCUT2D eigenvalue weighted by atomic mass is 32.1. The molecule has 186 valence electrons. The van der Waals surface area contributed by atoms with E-state index in [4.69, 9.17) is 0 Å². The normalized spacial score (nSPS) is 13.6. The van der Waals surface area contributed by atoms with E-state index in [-0.39, 0.29) is 5.41 Å². The van der Waals surface area contributed by atoms with Crippen LogP contribution in [0, 0.1) is 0 Å². The van der Waals surface area contributed by atoms with Gasteiger partial charge >= 0.3 is 0 Å². The molecule has 6 aromatic carbocycles. The summed E-state index contributed by atoms with van der Waals surface area (Å²) < 4.78 is 2.65. The van der Waals surface area contributed by atoms with E-state index in [0.717, 1.165) is 11.4 Å². The van der Waals surface area contributed by atoms with E-state index < -0.39 is 0 Å². The lowest BCUT2D eigenvalue weighted by Crippen LogP contribution is -2.14. The van der Waals surface area contributed by atoms with Gasteiger partial charge in [-0.2, -0.15) is 0 Å². The quantitative estimate of drug-likeness (QED) is 0.246. The third-order valence-corrected chi connectivity index (χ3v) is 9.77. The van der Waals surface area contributed by atoms with Crippen molar-refractivity contribution < 1.29 is 0 Å². The molecule has 0 unspecified atom stereocenters. The second-order valence-corrected chi connectivity index (χ2v) is 12.1. The van der Waals surface area contributed by atoms with Crippen LogP contribution in [0.1, 0.15) is 25.0 Å². The van der Waals surface area contributed by atoms with Crippen molar-refractivity contribution in [3.8, 4) is 22.3 Å². The third-order valence-electron chi connectivity index (χ3n) is 8.48. The summed E-state index contributed by atoms with van der Waals surface area (Å²) in [6, 6.07) is 44.4. The molecule has 1 heterocycles. The number of thiophene rings is 1. The van der Waals surface area contributed by atoms with Gasteiger partial charge in [0.05, 0.1) is 10.4 Å². The van der Waals surface area contributed by atoms with Crippen molar-refractivity contribution in [2.75, 3.05) is 5.32 Å². The summed E-state index contributed by atoms with van der Waals surface area (Å²) >= 11 is 1.89. The fourth-order valence-electron chi connectivity index (χ4n) is 6.49. The standard InChI is InChI=1S/C37H27NS/c1-37(2)31-15-7-5-13-27(31)28-20-19-24(22-32(28)37)25-11-6-8-16-33(25)38-34-17-9-14-29-30-21-18-23-10-3-4-12-26(23)35(30)39-36(29)34/h3-22,38H,1-2H3. The summed E-state index contributed by atoms with van der Waals surface area (Å²) in [6.45, 7) is 4.69. The highest BCUT2D eigenvalue weighted by Gasteiger charge is 2.35. The van der Waals surface area contributed by atoms with Gasteiger partial charge in [0.1, 0.15) is 0 Å². The van der Waals surface area contributed by atoms with Gasteiger partial charge in [-0.25, -0.2) is 0 Å². The van der Waals surface area contributed by atoms with E-state index in [1.165, 1.54) is 64.3 Å². The Morgan fingerprint density at radius 3 is 2.13 bits per heavy atom. The van der Waals surface area contributed by atoms with Gasteiger partial charge in [0.2, 0.25) is 0 Å². The molecule has 0 bridgehead atoms. The molecule has 2 heteroatoms. The van der Waals surface area contributed by atoms with Crippen LogP contribution < -0.4 is 5.32 Å². The molecule has 0 fully saturated rings. The predicted octanol–water partition coefficient (Wildman–Crippen LogP) is 10.9. The maximum atomic E-state index is 3.84. The van der Waals surface area contributed by atoms with Crippen LogP contribution in [0.15, 0.2) is 121 Å². The number of hydrogen-bond acceptors (Lipinski definition) is 2. The maximum Gasteiger partial charge on any atom is 0.0590 e. The van der Waals surface area contributed by atoms with E-state index >= 15 is 0 Å². The Kier molecular flexibility index (Phi) is 4.80. The first-order chi connectivity index (χ1) is 19.1. The Labute approximate surface area is 232 Å². The molecule has 0 saturated heterocycles. The molecule has 1 aliphatic carbocycles. The van der Waals surface area contributed by atoms with Crippen LogP contribution >= 0.6 is 11.3 Å². The SMILES string of the molecule is CC1(C)c2ccccc2-c2ccc(-c3ccccc3Nc3cccc4c3sc3c5ccccc5ccc43)cc21. The van der Waals surface area contributed by atoms with Crippen molar-refractivity contribution in [3.63, 3.8) is 0 Å². The average Bonchev–Trinajstić information content (AvgIpc) is 3.47. The number of anilines is 2. The van der Waals surface area contributed by atoms with Gasteiger partial charge < -0.3 is 5.32 Å². The second kappa shape index (κ2) is 8.30. The number of nitrogens with one attached hydrogen (secondary N) is 1. The fraction of sp³-hybridized carbons (Fsp3) is 0.0811. The van der Waals surface area contributed by atoms with Gasteiger partial charge in [-0.3, -0.25) is 0 Å².